The van der Waals surface area contributed by atoms with E-state index in [0.29, 0.717) is 16.5 Å². The standard InChI is InChI=1S/C20H21F2N5O2/c1-12(2)26-16-5-3-4-14-15(6-7-24-18(14)16)19(29)25-10-17(28)27-11-20(21,22)8-13(27)9-23/h3-7,12-13,26H,8,10-11H2,1-2H3,(H,25,29). The lowest BCUT2D eigenvalue weighted by atomic mass is 10.1. The van der Waals surface area contributed by atoms with E-state index in [1.54, 1.807) is 18.2 Å². The molecule has 0 radical (unpaired) electrons. The number of hydrogen-bond donors (Lipinski definition) is 2. The summed E-state index contributed by atoms with van der Waals surface area (Å²) in [4.78, 5) is 30.1. The van der Waals surface area contributed by atoms with E-state index in [0.717, 1.165) is 10.6 Å². The minimum absolute atomic E-state index is 0.171. The van der Waals surface area contributed by atoms with Gasteiger partial charge in [-0.15, -0.1) is 0 Å². The van der Waals surface area contributed by atoms with Crippen LogP contribution in [0.5, 0.6) is 0 Å². The molecular weight excluding hydrogens is 380 g/mol. The monoisotopic (exact) mass is 401 g/mol. The number of carbonyl (C=O) groups is 2. The second-order valence-electron chi connectivity index (χ2n) is 7.27. The van der Waals surface area contributed by atoms with Gasteiger partial charge in [0.15, 0.2) is 0 Å². The number of nitrogens with zero attached hydrogens (tertiary/aromatic N) is 3. The van der Waals surface area contributed by atoms with Crippen molar-refractivity contribution in [1.29, 1.82) is 5.26 Å². The number of benzene rings is 1. The van der Waals surface area contributed by atoms with Gasteiger partial charge in [-0.2, -0.15) is 5.26 Å². The molecule has 0 bridgehead atoms. The number of rotatable bonds is 5. The van der Waals surface area contributed by atoms with Crippen LogP contribution in [0.4, 0.5) is 14.5 Å². The van der Waals surface area contributed by atoms with Gasteiger partial charge in [0, 0.05) is 24.0 Å². The average molecular weight is 401 g/mol. The number of alkyl halides is 2. The summed E-state index contributed by atoms with van der Waals surface area (Å²) in [5.41, 5.74) is 1.71. The van der Waals surface area contributed by atoms with Crippen molar-refractivity contribution < 1.29 is 18.4 Å². The topological polar surface area (TPSA) is 98.1 Å². The van der Waals surface area contributed by atoms with E-state index < -0.39 is 43.3 Å². The first-order valence-corrected chi connectivity index (χ1v) is 9.21. The first kappa shape index (κ1) is 20.5. The molecule has 9 heteroatoms. The average Bonchev–Trinajstić information content (AvgIpc) is 3.00. The van der Waals surface area contributed by atoms with Gasteiger partial charge in [0.1, 0.15) is 6.04 Å². The minimum atomic E-state index is -3.10. The molecule has 1 aliphatic rings. The highest BCUT2D eigenvalue weighted by Gasteiger charge is 2.47. The normalized spacial score (nSPS) is 17.9. The molecule has 2 N–H and O–H groups in total. The molecule has 1 aromatic carbocycles. The maximum absolute atomic E-state index is 13.5. The predicted octanol–water partition coefficient (Wildman–Crippen LogP) is 2.54. The number of fused-ring (bicyclic) bond motifs is 1. The Morgan fingerprint density at radius 2 is 2.14 bits per heavy atom. The van der Waals surface area contributed by atoms with Crippen LogP contribution in [0.15, 0.2) is 30.5 Å². The van der Waals surface area contributed by atoms with Crippen molar-refractivity contribution in [1.82, 2.24) is 15.2 Å². The van der Waals surface area contributed by atoms with Gasteiger partial charge in [-0.05, 0) is 26.0 Å². The number of nitriles is 1. The quantitative estimate of drug-likeness (QED) is 0.802. The fraction of sp³-hybridized carbons (Fsp3) is 0.400. The Kier molecular flexibility index (Phi) is 5.64. The van der Waals surface area contributed by atoms with E-state index in [2.05, 4.69) is 15.6 Å². The highest BCUT2D eigenvalue weighted by molar-refractivity contribution is 6.09. The number of hydrogen-bond acceptors (Lipinski definition) is 5. The summed E-state index contributed by atoms with van der Waals surface area (Å²) < 4.78 is 27.0. The zero-order valence-corrected chi connectivity index (χ0v) is 16.1. The van der Waals surface area contributed by atoms with Gasteiger partial charge in [0.05, 0.1) is 35.9 Å². The molecule has 2 heterocycles. The van der Waals surface area contributed by atoms with Crippen LogP contribution in [-0.4, -0.2) is 52.8 Å². The molecule has 1 aromatic heterocycles. The van der Waals surface area contributed by atoms with Crippen molar-refractivity contribution in [3.05, 3.63) is 36.0 Å². The van der Waals surface area contributed by atoms with Gasteiger partial charge in [0.2, 0.25) is 5.91 Å². The Bertz CT molecular complexity index is 986. The summed E-state index contributed by atoms with van der Waals surface area (Å²) in [5.74, 6) is -4.34. The third-order valence-electron chi connectivity index (χ3n) is 4.60. The van der Waals surface area contributed by atoms with Crippen molar-refractivity contribution >= 4 is 28.4 Å². The number of aromatic nitrogens is 1. The fourth-order valence-electron chi connectivity index (χ4n) is 3.35. The van der Waals surface area contributed by atoms with Gasteiger partial charge in [-0.25, -0.2) is 8.78 Å². The number of pyridine rings is 1. The zero-order chi connectivity index (χ0) is 21.2. The summed E-state index contributed by atoms with van der Waals surface area (Å²) in [6.45, 7) is 2.68. The SMILES string of the molecule is CC(C)Nc1cccc2c(C(=O)NCC(=O)N3CC(F)(F)CC3C#N)ccnc12. The van der Waals surface area contributed by atoms with Crippen LogP contribution in [0.1, 0.15) is 30.6 Å². The van der Waals surface area contributed by atoms with Crippen molar-refractivity contribution in [3.8, 4) is 6.07 Å². The molecule has 1 fully saturated rings. The fourth-order valence-corrected chi connectivity index (χ4v) is 3.35. The lowest BCUT2D eigenvalue weighted by molar-refractivity contribution is -0.131. The molecule has 152 valence electrons. The van der Waals surface area contributed by atoms with Crippen LogP contribution in [-0.2, 0) is 4.79 Å². The molecule has 1 atom stereocenters. The molecular formula is C20H21F2N5O2. The molecule has 2 aromatic rings. The minimum Gasteiger partial charge on any atom is -0.381 e. The van der Waals surface area contributed by atoms with Crippen molar-refractivity contribution in [2.45, 2.75) is 38.3 Å². The smallest absolute Gasteiger partial charge is 0.268 e. The first-order valence-electron chi connectivity index (χ1n) is 9.21. The summed E-state index contributed by atoms with van der Waals surface area (Å²) >= 11 is 0. The van der Waals surface area contributed by atoms with Crippen molar-refractivity contribution in [2.24, 2.45) is 0 Å². The molecule has 29 heavy (non-hydrogen) atoms. The maximum Gasteiger partial charge on any atom is 0.268 e. The summed E-state index contributed by atoms with van der Waals surface area (Å²) in [6.07, 6.45) is 0.807. The lowest BCUT2D eigenvalue weighted by Crippen LogP contribution is -2.43. The van der Waals surface area contributed by atoms with E-state index >= 15 is 0 Å². The zero-order valence-electron chi connectivity index (χ0n) is 16.1. The number of halogens is 2. The predicted molar refractivity (Wildman–Crippen MR) is 104 cm³/mol. The second-order valence-corrected chi connectivity index (χ2v) is 7.27. The number of likely N-dealkylation sites (tertiary alicyclic amines) is 1. The number of amides is 2. The van der Waals surface area contributed by atoms with E-state index in [1.807, 2.05) is 19.9 Å². The first-order chi connectivity index (χ1) is 13.7. The molecule has 7 nitrogen and oxygen atoms in total. The molecule has 1 unspecified atom stereocenters. The highest BCUT2D eigenvalue weighted by atomic mass is 19.3. The van der Waals surface area contributed by atoms with Gasteiger partial charge in [0.25, 0.3) is 11.8 Å². The molecule has 1 aliphatic heterocycles. The number of anilines is 1. The van der Waals surface area contributed by atoms with Crippen molar-refractivity contribution in [3.63, 3.8) is 0 Å². The largest absolute Gasteiger partial charge is 0.381 e. The molecule has 3 rings (SSSR count). The summed E-state index contributed by atoms with van der Waals surface area (Å²) in [6, 6.07) is 7.62. The summed E-state index contributed by atoms with van der Waals surface area (Å²) in [7, 11) is 0. The number of para-hydroxylation sites is 1. The second kappa shape index (κ2) is 7.99. The third kappa shape index (κ3) is 4.42. The lowest BCUT2D eigenvalue weighted by Gasteiger charge is -2.19. The Labute approximate surface area is 166 Å². The van der Waals surface area contributed by atoms with E-state index in [1.165, 1.54) is 12.3 Å². The van der Waals surface area contributed by atoms with Gasteiger partial charge in [-0.1, -0.05) is 12.1 Å². The van der Waals surface area contributed by atoms with E-state index in [-0.39, 0.29) is 6.04 Å². The molecule has 0 aliphatic carbocycles. The van der Waals surface area contributed by atoms with E-state index in [4.69, 9.17) is 5.26 Å². The Balaban J connectivity index is 1.75. The van der Waals surface area contributed by atoms with Crippen LogP contribution in [0, 0.1) is 11.3 Å². The van der Waals surface area contributed by atoms with Crippen LogP contribution in [0.2, 0.25) is 0 Å². The molecule has 1 saturated heterocycles. The Morgan fingerprint density at radius 3 is 2.83 bits per heavy atom. The third-order valence-corrected chi connectivity index (χ3v) is 4.60. The van der Waals surface area contributed by atoms with Crippen LogP contribution >= 0.6 is 0 Å². The summed E-state index contributed by atoms with van der Waals surface area (Å²) in [5, 5.41) is 15.3. The van der Waals surface area contributed by atoms with E-state index in [9.17, 15) is 18.4 Å². The van der Waals surface area contributed by atoms with Crippen molar-refractivity contribution in [2.75, 3.05) is 18.4 Å². The van der Waals surface area contributed by atoms with Crippen LogP contribution in [0.3, 0.4) is 0 Å². The number of nitrogens with one attached hydrogen (secondary N) is 2. The number of carbonyl (C=O) groups excluding carboxylic acids is 2. The Hall–Kier alpha value is -3.28. The maximum atomic E-state index is 13.5. The molecule has 0 spiro atoms. The molecule has 0 saturated carbocycles. The van der Waals surface area contributed by atoms with Crippen LogP contribution in [0.25, 0.3) is 10.9 Å². The van der Waals surface area contributed by atoms with Gasteiger partial charge < -0.3 is 15.5 Å². The van der Waals surface area contributed by atoms with Gasteiger partial charge in [-0.3, -0.25) is 14.6 Å². The van der Waals surface area contributed by atoms with Gasteiger partial charge >= 0.3 is 0 Å². The highest BCUT2D eigenvalue weighted by Crippen LogP contribution is 2.31. The van der Waals surface area contributed by atoms with Crippen LogP contribution < -0.4 is 10.6 Å². The Morgan fingerprint density at radius 1 is 1.38 bits per heavy atom. The molecule has 2 amide bonds.